The van der Waals surface area contributed by atoms with E-state index in [4.69, 9.17) is 0 Å². The molecular weight excluding hydrogens is 313 g/mol. The van der Waals surface area contributed by atoms with E-state index < -0.39 is 21.9 Å². The van der Waals surface area contributed by atoms with Crippen LogP contribution in [0.4, 0.5) is 13.2 Å². The molecule has 1 rings (SSSR count). The minimum Gasteiger partial charge on any atom is -0.406 e. The van der Waals surface area contributed by atoms with Crippen LogP contribution in [-0.2, 0) is 9.84 Å². The first-order valence-corrected chi connectivity index (χ1v) is 6.53. The average molecular weight is 319 g/mol. The lowest BCUT2D eigenvalue weighted by Crippen LogP contribution is -2.17. The number of ether oxygens (including phenoxy) is 1. The average Bonchev–Trinajstić information content (AvgIpc) is 1.97. The largest absolute Gasteiger partial charge is 0.573 e. The van der Waals surface area contributed by atoms with Crippen molar-refractivity contribution >= 4 is 25.8 Å². The lowest BCUT2D eigenvalue weighted by atomic mass is 10.3. The highest BCUT2D eigenvalue weighted by Gasteiger charge is 2.31. The Hall–Kier alpha value is -0.760. The SMILES string of the molecule is CS(=O)(=O)c1ccc(OC(F)(F)F)cc1Br. The normalized spacial score (nSPS) is 12.6. The summed E-state index contributed by atoms with van der Waals surface area (Å²) in [4.78, 5) is -0.0953. The molecule has 8 heteroatoms. The Labute approximate surface area is 98.3 Å². The summed E-state index contributed by atoms with van der Waals surface area (Å²) in [5.74, 6) is -0.480. The molecule has 0 saturated carbocycles. The monoisotopic (exact) mass is 318 g/mol. The Balaban J connectivity index is 3.10. The van der Waals surface area contributed by atoms with Crippen LogP contribution in [0, 0.1) is 0 Å². The molecule has 0 atom stereocenters. The zero-order valence-electron chi connectivity index (χ0n) is 7.88. The lowest BCUT2D eigenvalue weighted by molar-refractivity contribution is -0.274. The summed E-state index contributed by atoms with van der Waals surface area (Å²) in [6, 6.07) is 2.93. The van der Waals surface area contributed by atoms with Crippen LogP contribution in [0.1, 0.15) is 0 Å². The maximum absolute atomic E-state index is 11.9. The first-order valence-electron chi connectivity index (χ1n) is 3.85. The van der Waals surface area contributed by atoms with Gasteiger partial charge in [-0.05, 0) is 34.1 Å². The standard InChI is InChI=1S/C8H6BrF3O3S/c1-16(13,14)7-3-2-5(4-6(7)9)15-8(10,11)12/h2-4H,1H3. The molecule has 0 amide bonds. The number of hydrogen-bond acceptors (Lipinski definition) is 3. The van der Waals surface area contributed by atoms with Gasteiger partial charge in [-0.15, -0.1) is 13.2 Å². The van der Waals surface area contributed by atoms with Crippen molar-refractivity contribution in [1.29, 1.82) is 0 Å². The topological polar surface area (TPSA) is 43.4 Å². The van der Waals surface area contributed by atoms with E-state index in [1.807, 2.05) is 0 Å². The van der Waals surface area contributed by atoms with Crippen LogP contribution in [0.2, 0.25) is 0 Å². The second-order valence-electron chi connectivity index (χ2n) is 2.91. The van der Waals surface area contributed by atoms with Crippen LogP contribution in [0.3, 0.4) is 0 Å². The minimum atomic E-state index is -4.80. The summed E-state index contributed by atoms with van der Waals surface area (Å²) in [6.07, 6.45) is -3.84. The molecule has 0 heterocycles. The van der Waals surface area contributed by atoms with Gasteiger partial charge in [0.25, 0.3) is 0 Å². The zero-order valence-corrected chi connectivity index (χ0v) is 10.3. The summed E-state index contributed by atoms with van der Waals surface area (Å²) in [5.41, 5.74) is 0. The molecule has 0 aromatic heterocycles. The van der Waals surface area contributed by atoms with E-state index in [1.165, 1.54) is 0 Å². The third kappa shape index (κ3) is 3.67. The molecule has 90 valence electrons. The number of sulfone groups is 1. The van der Waals surface area contributed by atoms with E-state index in [0.717, 1.165) is 24.5 Å². The molecule has 0 unspecified atom stereocenters. The van der Waals surface area contributed by atoms with Gasteiger partial charge in [0.1, 0.15) is 5.75 Å². The molecule has 0 aliphatic heterocycles. The Morgan fingerprint density at radius 2 is 1.88 bits per heavy atom. The maximum Gasteiger partial charge on any atom is 0.573 e. The van der Waals surface area contributed by atoms with Crippen molar-refractivity contribution in [2.24, 2.45) is 0 Å². The van der Waals surface area contributed by atoms with Gasteiger partial charge in [0, 0.05) is 10.7 Å². The fourth-order valence-electron chi connectivity index (χ4n) is 0.979. The molecule has 0 fully saturated rings. The van der Waals surface area contributed by atoms with Gasteiger partial charge in [-0.1, -0.05) is 0 Å². The van der Waals surface area contributed by atoms with Crippen molar-refractivity contribution in [2.75, 3.05) is 6.26 Å². The molecule has 1 aromatic carbocycles. The lowest BCUT2D eigenvalue weighted by Gasteiger charge is -2.10. The van der Waals surface area contributed by atoms with E-state index in [9.17, 15) is 21.6 Å². The Bertz CT molecular complexity index is 496. The molecule has 0 saturated heterocycles. The smallest absolute Gasteiger partial charge is 0.406 e. The summed E-state index contributed by atoms with van der Waals surface area (Å²) in [6.45, 7) is 0. The Morgan fingerprint density at radius 3 is 2.25 bits per heavy atom. The van der Waals surface area contributed by atoms with Crippen molar-refractivity contribution in [3.63, 3.8) is 0 Å². The van der Waals surface area contributed by atoms with E-state index in [-0.39, 0.29) is 9.37 Å². The van der Waals surface area contributed by atoms with Crippen molar-refractivity contribution in [3.05, 3.63) is 22.7 Å². The third-order valence-corrected chi connectivity index (χ3v) is 3.61. The molecule has 0 bridgehead atoms. The second kappa shape index (κ2) is 4.25. The van der Waals surface area contributed by atoms with E-state index in [0.29, 0.717) is 0 Å². The highest BCUT2D eigenvalue weighted by Crippen LogP contribution is 2.29. The Kier molecular flexibility index (Phi) is 3.53. The predicted octanol–water partition coefficient (Wildman–Crippen LogP) is 2.75. The summed E-state index contributed by atoms with van der Waals surface area (Å²) in [5, 5.41) is 0. The maximum atomic E-state index is 11.9. The van der Waals surface area contributed by atoms with Gasteiger partial charge in [-0.3, -0.25) is 0 Å². The van der Waals surface area contributed by atoms with Crippen LogP contribution in [0.15, 0.2) is 27.6 Å². The van der Waals surface area contributed by atoms with E-state index in [2.05, 4.69) is 20.7 Å². The van der Waals surface area contributed by atoms with Crippen LogP contribution in [0.25, 0.3) is 0 Å². The third-order valence-electron chi connectivity index (χ3n) is 1.54. The van der Waals surface area contributed by atoms with Gasteiger partial charge >= 0.3 is 6.36 Å². The highest BCUT2D eigenvalue weighted by atomic mass is 79.9. The van der Waals surface area contributed by atoms with Crippen molar-refractivity contribution in [3.8, 4) is 5.75 Å². The van der Waals surface area contributed by atoms with Gasteiger partial charge in [0.2, 0.25) is 0 Å². The first kappa shape index (κ1) is 13.3. The quantitative estimate of drug-likeness (QED) is 0.842. The fourth-order valence-corrected chi connectivity index (χ4v) is 2.95. The summed E-state index contributed by atoms with van der Waals surface area (Å²) < 4.78 is 61.5. The molecule has 16 heavy (non-hydrogen) atoms. The molecular formula is C8H6BrF3O3S. The summed E-state index contributed by atoms with van der Waals surface area (Å²) in [7, 11) is -3.48. The molecule has 0 aliphatic carbocycles. The molecule has 3 nitrogen and oxygen atoms in total. The first-order chi connectivity index (χ1) is 7.09. The van der Waals surface area contributed by atoms with Gasteiger partial charge in [0.15, 0.2) is 9.84 Å². The van der Waals surface area contributed by atoms with Gasteiger partial charge in [0.05, 0.1) is 4.90 Å². The van der Waals surface area contributed by atoms with Crippen molar-refractivity contribution in [2.45, 2.75) is 11.3 Å². The van der Waals surface area contributed by atoms with Gasteiger partial charge in [-0.25, -0.2) is 8.42 Å². The number of halogens is 4. The molecule has 0 N–H and O–H groups in total. The fraction of sp³-hybridized carbons (Fsp3) is 0.250. The number of rotatable bonds is 2. The molecule has 1 aromatic rings. The van der Waals surface area contributed by atoms with Gasteiger partial charge in [-0.2, -0.15) is 0 Å². The number of hydrogen-bond donors (Lipinski definition) is 0. The van der Waals surface area contributed by atoms with Crippen LogP contribution in [-0.4, -0.2) is 21.0 Å². The molecule has 0 spiro atoms. The van der Waals surface area contributed by atoms with Gasteiger partial charge < -0.3 is 4.74 Å². The zero-order chi connectivity index (χ0) is 12.6. The van der Waals surface area contributed by atoms with Crippen molar-refractivity contribution < 1.29 is 26.3 Å². The highest BCUT2D eigenvalue weighted by molar-refractivity contribution is 9.10. The van der Waals surface area contributed by atoms with E-state index >= 15 is 0 Å². The predicted molar refractivity (Wildman–Crippen MR) is 53.9 cm³/mol. The van der Waals surface area contributed by atoms with Crippen LogP contribution < -0.4 is 4.74 Å². The van der Waals surface area contributed by atoms with E-state index in [1.54, 1.807) is 0 Å². The minimum absolute atomic E-state index is 0.0248. The molecule has 0 radical (unpaired) electrons. The van der Waals surface area contributed by atoms with Crippen LogP contribution >= 0.6 is 15.9 Å². The van der Waals surface area contributed by atoms with Crippen molar-refractivity contribution in [1.82, 2.24) is 0 Å². The summed E-state index contributed by atoms with van der Waals surface area (Å²) >= 11 is 2.86. The number of alkyl halides is 3. The second-order valence-corrected chi connectivity index (χ2v) is 5.75. The number of benzene rings is 1. The molecule has 0 aliphatic rings. The Morgan fingerprint density at radius 1 is 1.31 bits per heavy atom. The van der Waals surface area contributed by atoms with Crippen LogP contribution in [0.5, 0.6) is 5.75 Å².